The summed E-state index contributed by atoms with van der Waals surface area (Å²) < 4.78 is 0. The lowest BCUT2D eigenvalue weighted by Gasteiger charge is -2.28. The highest BCUT2D eigenvalue weighted by Crippen LogP contribution is 2.19. The minimum absolute atomic E-state index is 0.0658. The van der Waals surface area contributed by atoms with E-state index < -0.39 is 35.9 Å². The van der Waals surface area contributed by atoms with Crippen molar-refractivity contribution in [3.8, 4) is 0 Å². The number of aliphatic carboxylic acids is 1. The summed E-state index contributed by atoms with van der Waals surface area (Å²) in [6.07, 6.45) is 4.92. The van der Waals surface area contributed by atoms with Crippen molar-refractivity contribution < 1.29 is 19.5 Å². The van der Waals surface area contributed by atoms with Crippen LogP contribution in [0.4, 0.5) is 0 Å². The van der Waals surface area contributed by atoms with Crippen molar-refractivity contribution in [1.82, 2.24) is 20.2 Å². The number of carbonyl (C=O) groups is 3. The van der Waals surface area contributed by atoms with Crippen molar-refractivity contribution in [3.63, 3.8) is 0 Å². The summed E-state index contributed by atoms with van der Waals surface area (Å²) in [5.41, 5.74) is 17.2. The van der Waals surface area contributed by atoms with Crippen LogP contribution in [0.5, 0.6) is 0 Å². The van der Waals surface area contributed by atoms with Crippen LogP contribution in [0.15, 0.2) is 17.5 Å². The minimum atomic E-state index is -1.06. The number of rotatable bonds is 10. The summed E-state index contributed by atoms with van der Waals surface area (Å²) in [5, 5.41) is 12.0. The number of guanidine groups is 1. The van der Waals surface area contributed by atoms with Crippen LogP contribution >= 0.6 is 0 Å². The van der Waals surface area contributed by atoms with Gasteiger partial charge in [0.25, 0.3) is 0 Å². The smallest absolute Gasteiger partial charge is 0.326 e. The fraction of sp³-hybridized carbons (Fsp3) is 0.588. The van der Waals surface area contributed by atoms with Gasteiger partial charge in [-0.25, -0.2) is 9.78 Å². The number of amides is 2. The molecule has 1 fully saturated rings. The summed E-state index contributed by atoms with van der Waals surface area (Å²) in [6.45, 7) is 0.612. The van der Waals surface area contributed by atoms with E-state index in [9.17, 15) is 19.5 Å². The number of hydrogen-bond donors (Lipinski definition) is 6. The molecule has 2 rings (SSSR count). The van der Waals surface area contributed by atoms with E-state index in [0.29, 0.717) is 31.5 Å². The van der Waals surface area contributed by atoms with Gasteiger partial charge in [-0.05, 0) is 25.7 Å². The van der Waals surface area contributed by atoms with Crippen molar-refractivity contribution in [2.75, 3.05) is 13.1 Å². The second kappa shape index (κ2) is 10.4. The second-order valence-corrected chi connectivity index (χ2v) is 6.93. The van der Waals surface area contributed by atoms with E-state index in [0.717, 1.165) is 0 Å². The zero-order valence-corrected chi connectivity index (χ0v) is 16.1. The highest BCUT2D eigenvalue weighted by atomic mass is 16.4. The first kappa shape index (κ1) is 22.1. The molecule has 12 heteroatoms. The van der Waals surface area contributed by atoms with E-state index in [1.807, 2.05) is 0 Å². The molecule has 1 saturated heterocycles. The van der Waals surface area contributed by atoms with Gasteiger partial charge in [0.05, 0.1) is 12.4 Å². The Labute approximate surface area is 167 Å². The molecule has 0 bridgehead atoms. The molecule has 1 aliphatic heterocycles. The summed E-state index contributed by atoms with van der Waals surface area (Å²) >= 11 is 0. The Balaban J connectivity index is 2.04. The number of carbonyl (C=O) groups excluding carboxylic acids is 2. The number of aromatic nitrogens is 2. The molecule has 29 heavy (non-hydrogen) atoms. The SMILES string of the molecule is NC(N)=NCCC[C@H](NC(=O)[C@@H](N)Cc1cnc[nH]1)C(=O)N1CCC[C@H]1C(=O)O. The molecule has 2 amide bonds. The predicted molar refractivity (Wildman–Crippen MR) is 104 cm³/mol. The first-order valence-corrected chi connectivity index (χ1v) is 9.41. The van der Waals surface area contributed by atoms with Crippen molar-refractivity contribution in [3.05, 3.63) is 18.2 Å². The first-order valence-electron chi connectivity index (χ1n) is 9.41. The molecular formula is C17H28N8O4. The van der Waals surface area contributed by atoms with Gasteiger partial charge in [0.15, 0.2) is 5.96 Å². The molecule has 1 aromatic heterocycles. The van der Waals surface area contributed by atoms with Crippen molar-refractivity contribution in [2.45, 2.75) is 50.2 Å². The topological polar surface area (TPSA) is 206 Å². The molecule has 0 saturated carbocycles. The number of hydrogen-bond acceptors (Lipinski definition) is 6. The Kier molecular flexibility index (Phi) is 7.95. The monoisotopic (exact) mass is 408 g/mol. The molecule has 0 radical (unpaired) electrons. The van der Waals surface area contributed by atoms with Gasteiger partial charge in [0.2, 0.25) is 11.8 Å². The van der Waals surface area contributed by atoms with Gasteiger partial charge >= 0.3 is 5.97 Å². The van der Waals surface area contributed by atoms with E-state index in [-0.39, 0.29) is 25.3 Å². The molecule has 160 valence electrons. The summed E-state index contributed by atoms with van der Waals surface area (Å²) in [4.78, 5) is 48.8. The van der Waals surface area contributed by atoms with Crippen LogP contribution < -0.4 is 22.5 Å². The molecular weight excluding hydrogens is 380 g/mol. The summed E-state index contributed by atoms with van der Waals surface area (Å²) in [6, 6.07) is -2.69. The van der Waals surface area contributed by atoms with Gasteiger partial charge in [-0.1, -0.05) is 0 Å². The Bertz CT molecular complexity index is 732. The van der Waals surface area contributed by atoms with Gasteiger partial charge < -0.3 is 37.5 Å². The van der Waals surface area contributed by atoms with Crippen LogP contribution in [-0.4, -0.2) is 74.9 Å². The van der Waals surface area contributed by atoms with Crippen molar-refractivity contribution in [2.24, 2.45) is 22.2 Å². The molecule has 0 spiro atoms. The molecule has 1 aliphatic rings. The average Bonchev–Trinajstić information content (AvgIpc) is 3.34. The fourth-order valence-electron chi connectivity index (χ4n) is 3.25. The number of likely N-dealkylation sites (tertiary alicyclic amines) is 1. The average molecular weight is 408 g/mol. The number of nitrogens with one attached hydrogen (secondary N) is 2. The van der Waals surface area contributed by atoms with E-state index >= 15 is 0 Å². The van der Waals surface area contributed by atoms with Gasteiger partial charge in [-0.2, -0.15) is 0 Å². The Morgan fingerprint density at radius 2 is 2.17 bits per heavy atom. The van der Waals surface area contributed by atoms with Gasteiger partial charge in [0, 0.05) is 31.4 Å². The maximum absolute atomic E-state index is 13.0. The Morgan fingerprint density at radius 3 is 2.79 bits per heavy atom. The lowest BCUT2D eigenvalue weighted by Crippen LogP contribution is -2.54. The number of carboxylic acid groups (broad SMARTS) is 1. The van der Waals surface area contributed by atoms with Crippen LogP contribution in [0.2, 0.25) is 0 Å². The number of imidazole rings is 1. The number of aromatic amines is 1. The lowest BCUT2D eigenvalue weighted by molar-refractivity contribution is -0.149. The Hall–Kier alpha value is -3.15. The maximum Gasteiger partial charge on any atom is 0.326 e. The molecule has 3 atom stereocenters. The molecule has 1 aromatic rings. The number of nitrogens with two attached hydrogens (primary N) is 3. The summed E-state index contributed by atoms with van der Waals surface area (Å²) in [5.74, 6) is -2.08. The van der Waals surface area contributed by atoms with Crippen LogP contribution in [-0.2, 0) is 20.8 Å². The zero-order chi connectivity index (χ0) is 21.4. The molecule has 0 aliphatic carbocycles. The molecule has 0 unspecified atom stereocenters. The first-order chi connectivity index (χ1) is 13.8. The van der Waals surface area contributed by atoms with Gasteiger partial charge in [-0.3, -0.25) is 14.6 Å². The van der Waals surface area contributed by atoms with E-state index in [1.165, 1.54) is 11.2 Å². The molecule has 9 N–H and O–H groups in total. The number of aliphatic imine (C=N–C) groups is 1. The number of carboxylic acids is 1. The summed E-state index contributed by atoms with van der Waals surface area (Å²) in [7, 11) is 0. The predicted octanol–water partition coefficient (Wildman–Crippen LogP) is -2.11. The molecule has 2 heterocycles. The van der Waals surface area contributed by atoms with E-state index in [1.54, 1.807) is 6.20 Å². The minimum Gasteiger partial charge on any atom is -0.480 e. The van der Waals surface area contributed by atoms with Crippen LogP contribution in [0, 0.1) is 0 Å². The normalized spacial score (nSPS) is 18.1. The van der Waals surface area contributed by atoms with Gasteiger partial charge in [-0.15, -0.1) is 0 Å². The van der Waals surface area contributed by atoms with Gasteiger partial charge in [0.1, 0.15) is 12.1 Å². The standard InChI is InChI=1S/C17H28N8O4/c18-11(7-10-8-21-9-23-10)14(26)24-12(3-1-5-22-17(19)20)15(27)25-6-2-4-13(25)16(28)29/h8-9,11-13H,1-7,18H2,(H,21,23)(H,24,26)(H,28,29)(H4,19,20,22)/t11-,12-,13-/m0/s1. The highest BCUT2D eigenvalue weighted by molar-refractivity contribution is 5.92. The van der Waals surface area contributed by atoms with E-state index in [4.69, 9.17) is 17.2 Å². The third kappa shape index (κ3) is 6.45. The third-order valence-electron chi connectivity index (χ3n) is 4.71. The third-order valence-corrected chi connectivity index (χ3v) is 4.71. The van der Waals surface area contributed by atoms with Crippen LogP contribution in [0.25, 0.3) is 0 Å². The van der Waals surface area contributed by atoms with Crippen LogP contribution in [0.1, 0.15) is 31.4 Å². The van der Waals surface area contributed by atoms with Crippen molar-refractivity contribution in [1.29, 1.82) is 0 Å². The second-order valence-electron chi connectivity index (χ2n) is 6.93. The lowest BCUT2D eigenvalue weighted by atomic mass is 10.1. The quantitative estimate of drug-likeness (QED) is 0.143. The number of H-pyrrole nitrogens is 1. The highest BCUT2D eigenvalue weighted by Gasteiger charge is 2.37. The zero-order valence-electron chi connectivity index (χ0n) is 16.1. The molecule has 12 nitrogen and oxygen atoms in total. The van der Waals surface area contributed by atoms with Crippen LogP contribution in [0.3, 0.4) is 0 Å². The fourth-order valence-corrected chi connectivity index (χ4v) is 3.25. The maximum atomic E-state index is 13.0. The number of nitrogens with zero attached hydrogens (tertiary/aromatic N) is 3. The Morgan fingerprint density at radius 1 is 1.41 bits per heavy atom. The van der Waals surface area contributed by atoms with E-state index in [2.05, 4.69) is 20.3 Å². The largest absolute Gasteiger partial charge is 0.480 e. The molecule has 0 aromatic carbocycles. The van der Waals surface area contributed by atoms with Crippen molar-refractivity contribution >= 4 is 23.7 Å².